The molecule has 0 aliphatic heterocycles. The molecule has 27 rings (SSSR count). The van der Waals surface area contributed by atoms with Crippen LogP contribution in [0.1, 0.15) is 66.8 Å². The average Bonchev–Trinajstić information content (AvgIpc) is 1.53. The number of para-hydroxylation sites is 3. The largest absolute Gasteiger partial charge is 0.310 e. The Bertz CT molecular complexity index is 8570. The maximum absolute atomic E-state index is 2.48. The van der Waals surface area contributed by atoms with E-state index in [1.165, 1.54) is 166 Å². The fourth-order valence-corrected chi connectivity index (χ4v) is 23.6. The molecule has 0 bridgehead atoms. The molecule has 0 atom stereocenters. The molecule has 3 heteroatoms. The zero-order valence-electron chi connectivity index (χ0n) is 79.5. The lowest BCUT2D eigenvalue weighted by molar-refractivity contribution is 0.768. The minimum Gasteiger partial charge on any atom is -0.310 e. The zero-order chi connectivity index (χ0) is 95.8. The van der Waals surface area contributed by atoms with E-state index in [0.717, 1.165) is 51.2 Å². The van der Waals surface area contributed by atoms with E-state index in [2.05, 4.69) is 615 Å². The minimum atomic E-state index is -0.474. The smallest absolute Gasteiger partial charge is 0.0714 e. The highest BCUT2D eigenvalue weighted by Gasteiger charge is 2.50. The second-order valence-corrected chi connectivity index (χ2v) is 37.5. The highest BCUT2D eigenvalue weighted by Crippen LogP contribution is 2.63. The molecule has 0 saturated heterocycles. The predicted molar refractivity (Wildman–Crippen MR) is 604 cm³/mol. The van der Waals surface area contributed by atoms with Gasteiger partial charge in [-0.3, -0.25) is 0 Å². The van der Waals surface area contributed by atoms with Crippen LogP contribution in [0.4, 0.5) is 51.2 Å². The molecule has 3 aliphatic carbocycles. The zero-order valence-corrected chi connectivity index (χ0v) is 79.5. The summed E-state index contributed by atoms with van der Waals surface area (Å²) in [6.07, 6.45) is 0. The van der Waals surface area contributed by atoms with E-state index in [-0.39, 0.29) is 0 Å². The van der Waals surface area contributed by atoms with Crippen LogP contribution in [0.2, 0.25) is 0 Å². The summed E-state index contributed by atoms with van der Waals surface area (Å²) in [7, 11) is 0. The van der Waals surface area contributed by atoms with Gasteiger partial charge in [0.05, 0.1) is 39.0 Å². The van der Waals surface area contributed by atoms with Gasteiger partial charge in [-0.05, 0) is 247 Å². The number of nitrogens with zero attached hydrogens (tertiary/aromatic N) is 3. The number of fused-ring (bicyclic) bond motifs is 12. The average molecular weight is 1840 g/mol. The van der Waals surface area contributed by atoms with Crippen molar-refractivity contribution < 1.29 is 0 Å². The summed E-state index contributed by atoms with van der Waals surface area (Å²) in [5.41, 5.74) is 39.0. The predicted octanol–water partition coefficient (Wildman–Crippen LogP) is 37.0. The Kier molecular flexibility index (Phi) is 22.7. The number of benzene rings is 24. The van der Waals surface area contributed by atoms with Gasteiger partial charge in [-0.25, -0.2) is 0 Å². The summed E-state index contributed by atoms with van der Waals surface area (Å²) in [6, 6.07) is 219. The van der Waals surface area contributed by atoms with E-state index in [1.54, 1.807) is 0 Å². The van der Waals surface area contributed by atoms with Gasteiger partial charge in [0.25, 0.3) is 0 Å². The molecule has 0 saturated carbocycles. The van der Waals surface area contributed by atoms with Crippen molar-refractivity contribution in [1.82, 2.24) is 0 Å². The molecule has 678 valence electrons. The van der Waals surface area contributed by atoms with Gasteiger partial charge in [-0.1, -0.05) is 497 Å². The van der Waals surface area contributed by atoms with E-state index < -0.39 is 16.2 Å². The van der Waals surface area contributed by atoms with Crippen LogP contribution in [-0.2, 0) is 16.2 Å². The highest BCUT2D eigenvalue weighted by atomic mass is 15.2. The first-order valence-corrected chi connectivity index (χ1v) is 49.8. The van der Waals surface area contributed by atoms with Gasteiger partial charge in [0.2, 0.25) is 0 Å². The number of hydrogen-bond acceptors (Lipinski definition) is 3. The van der Waals surface area contributed by atoms with Crippen molar-refractivity contribution in [3.05, 3.63) is 667 Å². The van der Waals surface area contributed by atoms with Gasteiger partial charge in [0, 0.05) is 50.7 Å². The maximum atomic E-state index is 2.48. The molecule has 0 heterocycles. The van der Waals surface area contributed by atoms with Crippen LogP contribution in [0, 0.1) is 0 Å². The normalized spacial score (nSPS) is 12.8. The van der Waals surface area contributed by atoms with Gasteiger partial charge in [-0.2, -0.15) is 0 Å². The lowest BCUT2D eigenvalue weighted by atomic mass is 9.67. The van der Waals surface area contributed by atoms with Crippen LogP contribution >= 0.6 is 0 Å². The molecule has 24 aromatic carbocycles. The van der Waals surface area contributed by atoms with Gasteiger partial charge in [0.1, 0.15) is 0 Å². The van der Waals surface area contributed by atoms with Crippen molar-refractivity contribution in [1.29, 1.82) is 0 Å². The molecule has 144 heavy (non-hydrogen) atoms. The number of hydrogen-bond donors (Lipinski definition) is 0. The molecule has 0 fully saturated rings. The Morgan fingerprint density at radius 2 is 0.361 bits per heavy atom. The van der Waals surface area contributed by atoms with Crippen LogP contribution in [-0.4, -0.2) is 0 Å². The summed E-state index contributed by atoms with van der Waals surface area (Å²) < 4.78 is 0. The monoisotopic (exact) mass is 1830 g/mol. The lowest BCUT2D eigenvalue weighted by Gasteiger charge is -2.35. The number of anilines is 9. The second-order valence-electron chi connectivity index (χ2n) is 37.5. The third-order valence-corrected chi connectivity index (χ3v) is 29.7. The van der Waals surface area contributed by atoms with Crippen LogP contribution in [0.3, 0.4) is 0 Å². The van der Waals surface area contributed by atoms with Crippen LogP contribution < -0.4 is 14.7 Å². The molecule has 0 spiro atoms. The SMILES string of the molecule is c1ccc(-c2cc3ccccc3cc2N(c2ccccc2)c2ccc3c(c2)-c2ccccc2C3(c2ccccc2)c2ccccc2)cc1.c1ccc(-c2cc3ccccc3cc2N(c2ccccc2)c2ccc3c(c2)C(c2ccccc2)(c2ccccc2)c2ccccc2-3)cc1.c1ccc(-c2cc3ccccc3cc2N(c2ccccc2)c2cccc3c2-c2ccccc2C3(c2ccccc2)c2ccccc2)cc1. The summed E-state index contributed by atoms with van der Waals surface area (Å²) in [4.78, 5) is 7.36. The molecule has 0 N–H and O–H groups in total. The van der Waals surface area contributed by atoms with E-state index in [4.69, 9.17) is 0 Å². The Morgan fingerprint density at radius 1 is 0.118 bits per heavy atom. The third kappa shape index (κ3) is 15.0. The molecule has 3 nitrogen and oxygen atoms in total. The maximum Gasteiger partial charge on any atom is 0.0714 e. The van der Waals surface area contributed by atoms with Crippen molar-refractivity contribution >= 4 is 83.5 Å². The van der Waals surface area contributed by atoms with Crippen LogP contribution in [0.25, 0.3) is 99.1 Å². The van der Waals surface area contributed by atoms with Gasteiger partial charge >= 0.3 is 0 Å². The van der Waals surface area contributed by atoms with Gasteiger partial charge < -0.3 is 14.7 Å². The van der Waals surface area contributed by atoms with Crippen molar-refractivity contribution in [2.45, 2.75) is 16.2 Å². The molecule has 24 aromatic rings. The Hall–Kier alpha value is -18.5. The molecular formula is C141H99N3. The Labute approximate surface area is 842 Å². The second kappa shape index (κ2) is 37.7. The first kappa shape index (κ1) is 87.0. The molecule has 0 aromatic heterocycles. The first-order valence-electron chi connectivity index (χ1n) is 49.8. The topological polar surface area (TPSA) is 9.72 Å². The summed E-state index contributed by atoms with van der Waals surface area (Å²) in [6.45, 7) is 0. The van der Waals surface area contributed by atoms with E-state index >= 15 is 0 Å². The molecule has 0 unspecified atom stereocenters. The first-order chi connectivity index (χ1) is 71.5. The van der Waals surface area contributed by atoms with Crippen molar-refractivity contribution in [2.75, 3.05) is 14.7 Å². The van der Waals surface area contributed by atoms with Crippen LogP contribution in [0.15, 0.2) is 601 Å². The lowest BCUT2D eigenvalue weighted by Crippen LogP contribution is -2.28. The molecule has 3 aliphatic rings. The number of rotatable bonds is 18. The van der Waals surface area contributed by atoms with E-state index in [1.807, 2.05) is 0 Å². The summed E-state index contributed by atoms with van der Waals surface area (Å²) in [5, 5.41) is 7.32. The Morgan fingerprint density at radius 3 is 0.729 bits per heavy atom. The molecule has 0 radical (unpaired) electrons. The van der Waals surface area contributed by atoms with E-state index in [0.29, 0.717) is 0 Å². The van der Waals surface area contributed by atoms with Crippen molar-refractivity contribution in [3.8, 4) is 66.8 Å². The highest BCUT2D eigenvalue weighted by molar-refractivity contribution is 6.06. The summed E-state index contributed by atoms with van der Waals surface area (Å²) >= 11 is 0. The van der Waals surface area contributed by atoms with Gasteiger partial charge in [-0.15, -0.1) is 0 Å². The quantitative estimate of drug-likeness (QED) is 0.0848. The fourth-order valence-electron chi connectivity index (χ4n) is 23.6. The van der Waals surface area contributed by atoms with Crippen molar-refractivity contribution in [3.63, 3.8) is 0 Å². The van der Waals surface area contributed by atoms with E-state index in [9.17, 15) is 0 Å². The van der Waals surface area contributed by atoms with Crippen LogP contribution in [0.5, 0.6) is 0 Å². The van der Waals surface area contributed by atoms with Crippen molar-refractivity contribution in [2.24, 2.45) is 0 Å². The summed E-state index contributed by atoms with van der Waals surface area (Å²) in [5.74, 6) is 0. The molecule has 0 amide bonds. The van der Waals surface area contributed by atoms with Gasteiger partial charge in [0.15, 0.2) is 0 Å². The minimum absolute atomic E-state index is 0.428. The standard InChI is InChI=1S/3C47H33N/c1-5-18-34(19-6-1)41-32-35-20-13-14-21-36(35)33-45(41)48(39-26-11-4-12-27-39)44-31-17-30-43-46(44)40-28-15-16-29-42(40)47(43,37-22-7-2-8-23-37)38-24-9-3-10-25-38;1-5-17-34(18-6-1)42-31-35-19-13-14-20-36(35)32-46(42)48(39-25-11-4-12-26-39)40-29-30-45-43(33-40)41-27-15-16-28-44(41)47(45,37-21-7-2-8-22-37)38-23-9-3-10-24-38;1-5-17-34(18-6-1)43-31-35-19-13-14-20-36(35)32-46(43)48(39-25-11-4-12-26-39)40-29-30-42-41-27-15-16-28-44(41)47(45(42)33-40,37-21-7-2-8-22-37)38-23-9-3-10-24-38/h3*1-33H. The Balaban J connectivity index is 0.000000113. The fraction of sp³-hybridized carbons (Fsp3) is 0.0213. The third-order valence-electron chi connectivity index (χ3n) is 29.7. The molecular weight excluding hydrogens is 1740 g/mol.